The second-order valence-electron chi connectivity index (χ2n) is 14.0. The van der Waals surface area contributed by atoms with Crippen LogP contribution < -0.4 is 18.9 Å². The molecule has 0 saturated heterocycles. The van der Waals surface area contributed by atoms with Crippen molar-refractivity contribution < 1.29 is 46.2 Å². The number of hydrogen-bond donors (Lipinski definition) is 2. The van der Waals surface area contributed by atoms with Gasteiger partial charge >= 0.3 is 35.6 Å². The molecule has 0 aliphatic rings. The number of phenolic OH excluding ortho intramolecular Hbond substituents is 2. The Kier molecular flexibility index (Phi) is 21.6. The van der Waals surface area contributed by atoms with Crippen molar-refractivity contribution in [1.82, 2.24) is 0 Å². The third kappa shape index (κ3) is 15.8. The van der Waals surface area contributed by atoms with Gasteiger partial charge in [-0.3, -0.25) is 9.98 Å². The Labute approximate surface area is 388 Å². The van der Waals surface area contributed by atoms with Crippen LogP contribution in [-0.4, -0.2) is 50.1 Å². The number of hydrogen-bond acceptors (Lipinski definition) is 8. The first-order valence-corrected chi connectivity index (χ1v) is 24.6. The first-order valence-electron chi connectivity index (χ1n) is 20.3. The molecule has 6 aromatic carbocycles. The van der Waals surface area contributed by atoms with Gasteiger partial charge in [-0.25, -0.2) is 0 Å². The number of aromatic hydroxyl groups is 2. The van der Waals surface area contributed by atoms with E-state index in [0.29, 0.717) is 35.8 Å². The van der Waals surface area contributed by atoms with Crippen LogP contribution in [-0.2, 0) is 17.0 Å². The van der Waals surface area contributed by atoms with Crippen molar-refractivity contribution in [2.24, 2.45) is 9.98 Å². The minimum absolute atomic E-state index is 0.00929. The molecular weight excluding hydrogens is 867 g/mol. The van der Waals surface area contributed by atoms with E-state index in [1.165, 1.54) is 0 Å². The van der Waals surface area contributed by atoms with E-state index in [9.17, 15) is 10.2 Å². The molecule has 326 valence electrons. The van der Waals surface area contributed by atoms with Gasteiger partial charge in [0.1, 0.15) is 34.5 Å². The van der Waals surface area contributed by atoms with Crippen molar-refractivity contribution in [1.29, 1.82) is 0 Å². The van der Waals surface area contributed by atoms with Crippen molar-refractivity contribution in [3.05, 3.63) is 192 Å². The Morgan fingerprint density at radius 1 is 0.556 bits per heavy atom. The number of nitrogens with zero attached hydrogens (tertiary/aromatic N) is 2. The predicted molar refractivity (Wildman–Crippen MR) is 257 cm³/mol. The van der Waals surface area contributed by atoms with Gasteiger partial charge in [0.05, 0.1) is 38.8 Å². The summed E-state index contributed by atoms with van der Waals surface area (Å²) in [4.78, 5) is 9.07. The van der Waals surface area contributed by atoms with Gasteiger partial charge in [-0.05, 0) is 72.5 Å². The maximum atomic E-state index is 10.9. The van der Waals surface area contributed by atoms with Crippen molar-refractivity contribution in [3.63, 3.8) is 0 Å². The van der Waals surface area contributed by atoms with E-state index in [-0.39, 0.29) is 23.3 Å². The fraction of sp³-hybridized carbons (Fsp3) is 0.192. The van der Waals surface area contributed by atoms with Gasteiger partial charge in [0, 0.05) is 58.7 Å². The number of aliphatic imine (C=N–C) groups is 2. The molecule has 0 saturated carbocycles. The van der Waals surface area contributed by atoms with Crippen molar-refractivity contribution in [2.45, 2.75) is 38.5 Å². The molecule has 0 bridgehead atoms. The Hall–Kier alpha value is -5.77. The summed E-state index contributed by atoms with van der Waals surface area (Å²) >= 11 is -0.556. The first kappa shape index (κ1) is 49.9. The van der Waals surface area contributed by atoms with E-state index in [4.69, 9.17) is 37.6 Å². The molecular formula is C52H54Cl2N2O6Ti. The van der Waals surface area contributed by atoms with Crippen LogP contribution in [0.3, 0.4) is 0 Å². The number of rotatable bonds is 18. The van der Waals surface area contributed by atoms with Crippen LogP contribution in [0.4, 0.5) is 11.4 Å². The third-order valence-corrected chi connectivity index (χ3v) is 9.81. The molecule has 0 heterocycles. The zero-order valence-corrected chi connectivity index (χ0v) is 39.2. The number of phenols is 2. The van der Waals surface area contributed by atoms with Crippen LogP contribution >= 0.6 is 18.6 Å². The van der Waals surface area contributed by atoms with Gasteiger partial charge in [0.25, 0.3) is 0 Å². The van der Waals surface area contributed by atoms with Gasteiger partial charge < -0.3 is 29.2 Å². The van der Waals surface area contributed by atoms with E-state index in [2.05, 4.69) is 61.3 Å². The van der Waals surface area contributed by atoms with Gasteiger partial charge in [0.2, 0.25) is 0 Å². The molecule has 0 fully saturated rings. The normalized spacial score (nSPS) is 11.6. The zero-order valence-electron chi connectivity index (χ0n) is 36.1. The standard InChI is InChI=1S/2C26H27NO3.2ClH.Ti/c2*1-4-5-14-30-23-13-9-12-22(16-23)27-18-21-15-24(29-3)17-25(26(21)28)19(2)20-10-7-6-8-11-20;;;/h2*4,6-13,15-19,28H,1,5,14H2,2-3H3;2*1H;/q;;;;+2/p-2. The minimum atomic E-state index is -0.556. The topological polar surface area (TPSA) is 102 Å². The van der Waals surface area contributed by atoms with Crippen LogP contribution in [0, 0.1) is 0 Å². The Morgan fingerprint density at radius 3 is 1.29 bits per heavy atom. The molecule has 0 aliphatic carbocycles. The molecule has 11 heteroatoms. The van der Waals surface area contributed by atoms with Crippen LogP contribution in [0.2, 0.25) is 0 Å². The summed E-state index contributed by atoms with van der Waals surface area (Å²) in [5.41, 5.74) is 6.51. The van der Waals surface area contributed by atoms with Crippen molar-refractivity contribution >= 4 is 42.4 Å². The number of halogens is 2. The van der Waals surface area contributed by atoms with Gasteiger partial charge in [-0.2, -0.15) is 0 Å². The second-order valence-corrected chi connectivity index (χ2v) is 16.6. The fourth-order valence-electron chi connectivity index (χ4n) is 6.35. The van der Waals surface area contributed by atoms with E-state index in [1.807, 2.05) is 109 Å². The summed E-state index contributed by atoms with van der Waals surface area (Å²) in [5.74, 6) is 3.27. The average molecular weight is 922 g/mol. The molecule has 2 atom stereocenters. The molecule has 0 spiro atoms. The fourth-order valence-corrected chi connectivity index (χ4v) is 6.35. The Balaban J connectivity index is 0.000000260. The van der Waals surface area contributed by atoms with E-state index >= 15 is 0 Å². The number of benzene rings is 6. The summed E-state index contributed by atoms with van der Waals surface area (Å²) < 4.78 is 22.3. The van der Waals surface area contributed by atoms with E-state index < -0.39 is 17.0 Å². The van der Waals surface area contributed by atoms with Gasteiger partial charge in [-0.15, -0.1) is 13.2 Å². The molecule has 6 aromatic rings. The maximum absolute atomic E-state index is 10.9. The van der Waals surface area contributed by atoms with E-state index in [0.717, 1.165) is 58.0 Å². The summed E-state index contributed by atoms with van der Waals surface area (Å²) in [7, 11) is 13.0. The van der Waals surface area contributed by atoms with Crippen molar-refractivity contribution in [2.75, 3.05) is 27.4 Å². The zero-order chi connectivity index (χ0) is 45.4. The third-order valence-electron chi connectivity index (χ3n) is 9.81. The molecule has 0 aromatic heterocycles. The van der Waals surface area contributed by atoms with E-state index in [1.54, 1.807) is 38.8 Å². The quantitative estimate of drug-likeness (QED) is 0.0385. The molecule has 63 heavy (non-hydrogen) atoms. The summed E-state index contributed by atoms with van der Waals surface area (Å²) in [5, 5.41) is 21.9. The Morgan fingerprint density at radius 2 is 0.937 bits per heavy atom. The molecule has 2 unspecified atom stereocenters. The SMILES string of the molecule is C=CCCOc1cccc(N=Cc2cc(OC)cc(C(C)c3ccccc3)c2O)c1.C=CCCOc1cccc(N=Cc2cc(OC)cc(C(C)c3ccccc3)c2O)c1.[Cl][Ti][Cl]. The molecule has 8 nitrogen and oxygen atoms in total. The monoisotopic (exact) mass is 920 g/mol. The number of ether oxygens (including phenoxy) is 4. The summed E-state index contributed by atoms with van der Waals surface area (Å²) in [6, 6.07) is 42.5. The molecule has 2 N–H and O–H groups in total. The van der Waals surface area contributed by atoms with Crippen molar-refractivity contribution in [3.8, 4) is 34.5 Å². The summed E-state index contributed by atoms with van der Waals surface area (Å²) in [6.07, 6.45) is 8.52. The van der Waals surface area contributed by atoms with Gasteiger partial charge in [0.15, 0.2) is 0 Å². The molecule has 0 aliphatic heterocycles. The predicted octanol–water partition coefficient (Wildman–Crippen LogP) is 13.9. The molecule has 6 rings (SSSR count). The number of methoxy groups -OCH3 is 2. The average Bonchev–Trinajstić information content (AvgIpc) is 3.32. The summed E-state index contributed by atoms with van der Waals surface area (Å²) in [6.45, 7) is 12.7. The Bertz CT molecular complexity index is 2230. The van der Waals surface area contributed by atoms with Gasteiger partial charge in [-0.1, -0.05) is 98.8 Å². The van der Waals surface area contributed by atoms with Crippen LogP contribution in [0.15, 0.2) is 169 Å². The van der Waals surface area contributed by atoms with Crippen LogP contribution in [0.5, 0.6) is 34.5 Å². The van der Waals surface area contributed by atoms with Crippen LogP contribution in [0.25, 0.3) is 0 Å². The molecule has 0 radical (unpaired) electrons. The first-order chi connectivity index (χ1) is 30.6. The molecule has 0 amide bonds. The second kappa shape index (κ2) is 27.3. The van der Waals surface area contributed by atoms with Crippen LogP contribution in [0.1, 0.15) is 71.9 Å².